The summed E-state index contributed by atoms with van der Waals surface area (Å²) in [4.78, 5) is 13.0. The van der Waals surface area contributed by atoms with Crippen molar-refractivity contribution in [2.24, 2.45) is 0 Å². The Labute approximate surface area is 166 Å². The van der Waals surface area contributed by atoms with E-state index < -0.39 is 42.1 Å². The fraction of sp³-hybridized carbons (Fsp3) is 0.389. The molecule has 1 unspecified atom stereocenters. The van der Waals surface area contributed by atoms with E-state index in [9.17, 15) is 31.1 Å². The van der Waals surface area contributed by atoms with Crippen molar-refractivity contribution in [3.8, 4) is 5.06 Å². The number of hydrogen-bond acceptors (Lipinski definition) is 4. The average molecular weight is 441 g/mol. The predicted octanol–water partition coefficient (Wildman–Crippen LogP) is 4.97. The highest BCUT2D eigenvalue weighted by molar-refractivity contribution is 7.13. The van der Waals surface area contributed by atoms with Crippen molar-refractivity contribution in [1.82, 2.24) is 5.32 Å². The van der Waals surface area contributed by atoms with E-state index in [2.05, 4.69) is 14.8 Å². The lowest BCUT2D eigenvalue weighted by atomic mass is 9.91. The minimum absolute atomic E-state index is 0.0738. The van der Waals surface area contributed by atoms with Crippen LogP contribution in [0.25, 0.3) is 0 Å². The third-order valence-corrected chi connectivity index (χ3v) is 5.14. The zero-order valence-corrected chi connectivity index (χ0v) is 16.0. The number of methoxy groups -OCH3 is 1. The van der Waals surface area contributed by atoms with Gasteiger partial charge in [0.25, 0.3) is 11.5 Å². The molecule has 0 saturated heterocycles. The standard InChI is InChI=1S/C18H17F6NO3S/c1-11(13-8-9-14(29-13)28-10-16(19,20)21)25-15(26)17(27-2,18(22,23)24)12-6-4-3-5-7-12/h3-9,11H,10H2,1-2H3,(H,25,26)/t11?,17-/m1/s1. The third kappa shape index (κ3) is 5.21. The molecule has 0 spiro atoms. The van der Waals surface area contributed by atoms with Gasteiger partial charge in [-0.05, 0) is 19.1 Å². The van der Waals surface area contributed by atoms with Gasteiger partial charge in [0, 0.05) is 17.6 Å². The number of carbonyl (C=O) groups excluding carboxylic acids is 1. The normalized spacial score (nSPS) is 15.4. The molecule has 1 aromatic heterocycles. The molecule has 0 aliphatic carbocycles. The Morgan fingerprint density at radius 2 is 1.69 bits per heavy atom. The quantitative estimate of drug-likeness (QED) is 0.618. The van der Waals surface area contributed by atoms with Gasteiger partial charge in [0.05, 0.1) is 6.04 Å². The molecular weight excluding hydrogens is 424 g/mol. The SMILES string of the molecule is CO[C@@](C(=O)NC(C)c1ccc(OCC(F)(F)F)s1)(c1ccccc1)C(F)(F)F. The Hall–Kier alpha value is -2.27. The van der Waals surface area contributed by atoms with Crippen molar-refractivity contribution < 1.29 is 40.6 Å². The number of halogens is 6. The van der Waals surface area contributed by atoms with E-state index in [1.165, 1.54) is 37.3 Å². The Kier molecular flexibility index (Phi) is 6.84. The Balaban J connectivity index is 2.23. The summed E-state index contributed by atoms with van der Waals surface area (Å²) in [6.07, 6.45) is -9.59. The highest BCUT2D eigenvalue weighted by Crippen LogP contribution is 2.43. The second-order valence-corrected chi connectivity index (χ2v) is 7.08. The van der Waals surface area contributed by atoms with Crippen LogP contribution >= 0.6 is 11.3 Å². The number of alkyl halides is 6. The smallest absolute Gasteiger partial charge is 0.430 e. The molecule has 4 nitrogen and oxygen atoms in total. The van der Waals surface area contributed by atoms with E-state index in [1.807, 2.05) is 0 Å². The molecule has 0 aliphatic heterocycles. The van der Waals surface area contributed by atoms with Gasteiger partial charge >= 0.3 is 12.4 Å². The molecule has 0 fully saturated rings. The maximum atomic E-state index is 13.9. The van der Waals surface area contributed by atoms with Crippen LogP contribution in [-0.4, -0.2) is 32.0 Å². The Bertz CT molecular complexity index is 821. The number of thiophene rings is 1. The second kappa shape index (κ2) is 8.62. The van der Waals surface area contributed by atoms with Gasteiger partial charge < -0.3 is 14.8 Å². The van der Waals surface area contributed by atoms with Crippen molar-refractivity contribution in [1.29, 1.82) is 0 Å². The Morgan fingerprint density at radius 1 is 1.07 bits per heavy atom. The van der Waals surface area contributed by atoms with Crippen LogP contribution in [0.1, 0.15) is 23.4 Å². The van der Waals surface area contributed by atoms with Crippen molar-refractivity contribution in [2.75, 3.05) is 13.7 Å². The van der Waals surface area contributed by atoms with Gasteiger partial charge in [-0.15, -0.1) is 11.3 Å². The molecule has 29 heavy (non-hydrogen) atoms. The molecule has 0 bridgehead atoms. The first-order valence-corrected chi connectivity index (χ1v) is 9.00. The summed E-state index contributed by atoms with van der Waals surface area (Å²) in [5.41, 5.74) is -3.64. The van der Waals surface area contributed by atoms with Crippen LogP contribution in [0.4, 0.5) is 26.3 Å². The second-order valence-electron chi connectivity index (χ2n) is 6.00. The summed E-state index contributed by atoms with van der Waals surface area (Å²) in [5.74, 6) is -1.45. The van der Waals surface area contributed by atoms with Crippen LogP contribution in [0, 0.1) is 0 Å². The summed E-state index contributed by atoms with van der Waals surface area (Å²) < 4.78 is 87.6. The molecule has 11 heteroatoms. The average Bonchev–Trinajstić information content (AvgIpc) is 3.09. The van der Waals surface area contributed by atoms with Crippen LogP contribution in [0.5, 0.6) is 5.06 Å². The monoisotopic (exact) mass is 441 g/mol. The molecule has 1 aromatic carbocycles. The zero-order valence-electron chi connectivity index (χ0n) is 15.2. The molecule has 1 heterocycles. The summed E-state index contributed by atoms with van der Waals surface area (Å²) in [6, 6.07) is 8.10. The van der Waals surface area contributed by atoms with Gasteiger partial charge in [0.15, 0.2) is 11.7 Å². The van der Waals surface area contributed by atoms with E-state index in [-0.39, 0.29) is 5.06 Å². The van der Waals surface area contributed by atoms with E-state index in [0.29, 0.717) is 4.88 Å². The highest BCUT2D eigenvalue weighted by Gasteiger charge is 2.62. The number of hydrogen-bond donors (Lipinski definition) is 1. The summed E-state index contributed by atoms with van der Waals surface area (Å²) >= 11 is 0.786. The molecule has 0 saturated carbocycles. The van der Waals surface area contributed by atoms with E-state index in [0.717, 1.165) is 30.6 Å². The van der Waals surface area contributed by atoms with E-state index >= 15 is 0 Å². The van der Waals surface area contributed by atoms with Gasteiger partial charge in [0.1, 0.15) is 0 Å². The first-order valence-electron chi connectivity index (χ1n) is 8.18. The molecule has 2 atom stereocenters. The third-order valence-electron chi connectivity index (χ3n) is 3.96. The molecule has 2 aromatic rings. The lowest BCUT2D eigenvalue weighted by Gasteiger charge is -2.34. The minimum atomic E-state index is -5.07. The van der Waals surface area contributed by atoms with Gasteiger partial charge in [-0.25, -0.2) is 0 Å². The summed E-state index contributed by atoms with van der Waals surface area (Å²) in [7, 11) is 0.777. The van der Waals surface area contributed by atoms with Crippen LogP contribution in [0.2, 0.25) is 0 Å². The first kappa shape index (κ1) is 23.0. The first-order chi connectivity index (χ1) is 13.4. The van der Waals surface area contributed by atoms with Crippen LogP contribution < -0.4 is 10.1 Å². The van der Waals surface area contributed by atoms with Gasteiger partial charge in [0.2, 0.25) is 0 Å². The summed E-state index contributed by atoms with van der Waals surface area (Å²) in [5, 5.41) is 2.15. The fourth-order valence-electron chi connectivity index (χ4n) is 2.59. The topological polar surface area (TPSA) is 47.6 Å². The fourth-order valence-corrected chi connectivity index (χ4v) is 3.45. The lowest BCUT2D eigenvalue weighted by Crippen LogP contribution is -2.56. The van der Waals surface area contributed by atoms with Crippen molar-refractivity contribution in [2.45, 2.75) is 30.9 Å². The van der Waals surface area contributed by atoms with Crippen LogP contribution in [0.3, 0.4) is 0 Å². The largest absolute Gasteiger partial charge is 0.475 e. The van der Waals surface area contributed by atoms with Crippen molar-refractivity contribution in [3.63, 3.8) is 0 Å². The van der Waals surface area contributed by atoms with Gasteiger partial charge in [-0.2, -0.15) is 26.3 Å². The minimum Gasteiger partial charge on any atom is -0.475 e. The maximum absolute atomic E-state index is 13.9. The maximum Gasteiger partial charge on any atom is 0.430 e. The number of rotatable bonds is 7. The van der Waals surface area contributed by atoms with Gasteiger partial charge in [-0.1, -0.05) is 30.3 Å². The zero-order chi connectivity index (χ0) is 21.9. The predicted molar refractivity (Wildman–Crippen MR) is 93.6 cm³/mol. The molecular formula is C18H17F6NO3S. The van der Waals surface area contributed by atoms with Gasteiger partial charge in [-0.3, -0.25) is 4.79 Å². The molecule has 1 N–H and O–H groups in total. The number of amides is 1. The number of nitrogens with one attached hydrogen (secondary N) is 1. The van der Waals surface area contributed by atoms with Crippen molar-refractivity contribution in [3.05, 3.63) is 52.9 Å². The molecule has 0 aliphatic rings. The molecule has 1 amide bonds. The van der Waals surface area contributed by atoms with Crippen LogP contribution in [0.15, 0.2) is 42.5 Å². The van der Waals surface area contributed by atoms with Crippen molar-refractivity contribution >= 4 is 17.2 Å². The number of ether oxygens (including phenoxy) is 2. The highest BCUT2D eigenvalue weighted by atomic mass is 32.1. The molecule has 160 valence electrons. The number of carbonyl (C=O) groups is 1. The van der Waals surface area contributed by atoms with E-state index in [4.69, 9.17) is 0 Å². The summed E-state index contributed by atoms with van der Waals surface area (Å²) in [6.45, 7) is -0.0956. The molecule has 2 rings (SSSR count). The van der Waals surface area contributed by atoms with E-state index in [1.54, 1.807) is 0 Å². The number of benzene rings is 1. The lowest BCUT2D eigenvalue weighted by molar-refractivity contribution is -0.266. The molecule has 0 radical (unpaired) electrons. The Morgan fingerprint density at radius 3 is 2.21 bits per heavy atom. The van der Waals surface area contributed by atoms with Crippen LogP contribution in [-0.2, 0) is 15.1 Å².